The van der Waals surface area contributed by atoms with Gasteiger partial charge in [0.25, 0.3) is 0 Å². The molecule has 0 aliphatic heterocycles. The molecule has 0 radical (unpaired) electrons. The lowest BCUT2D eigenvalue weighted by molar-refractivity contribution is 0.610. The Kier molecular flexibility index (Phi) is 3.91. The number of rotatable bonds is 3. The van der Waals surface area contributed by atoms with Crippen molar-refractivity contribution in [1.29, 1.82) is 0 Å². The minimum Gasteiger partial charge on any atom is -0.309 e. The van der Waals surface area contributed by atoms with Crippen LogP contribution >= 0.6 is 27.3 Å². The summed E-state index contributed by atoms with van der Waals surface area (Å²) in [5.41, 5.74) is 2.02. The molecule has 5 heteroatoms. The van der Waals surface area contributed by atoms with Crippen LogP contribution in [0.3, 0.4) is 0 Å². The maximum atomic E-state index is 13.2. The van der Waals surface area contributed by atoms with Gasteiger partial charge >= 0.3 is 0 Å². The van der Waals surface area contributed by atoms with E-state index < -0.39 is 0 Å². The number of aromatic nitrogens is 1. The number of pyridine rings is 1. The molecule has 90 valence electrons. The molecule has 0 aliphatic carbocycles. The Morgan fingerprint density at radius 2 is 2.18 bits per heavy atom. The summed E-state index contributed by atoms with van der Waals surface area (Å²) in [6.07, 6.45) is 2.90. The van der Waals surface area contributed by atoms with Crippen LogP contribution in [0.1, 0.15) is 22.0 Å². The van der Waals surface area contributed by atoms with Gasteiger partial charge in [0.2, 0.25) is 0 Å². The Balaban J connectivity index is 2.39. The van der Waals surface area contributed by atoms with Crippen LogP contribution in [-0.2, 0) is 0 Å². The number of nitrogens with zero attached hydrogens (tertiary/aromatic N) is 1. The van der Waals surface area contributed by atoms with Crippen molar-refractivity contribution in [2.75, 3.05) is 7.05 Å². The summed E-state index contributed by atoms with van der Waals surface area (Å²) in [5, 5.41) is 3.19. The first-order valence-electron chi connectivity index (χ1n) is 5.15. The van der Waals surface area contributed by atoms with E-state index in [1.165, 1.54) is 17.8 Å². The number of thiophene rings is 1. The van der Waals surface area contributed by atoms with Crippen molar-refractivity contribution in [3.8, 4) is 0 Å². The van der Waals surface area contributed by atoms with Gasteiger partial charge in [0.05, 0.1) is 16.0 Å². The molecule has 0 aliphatic rings. The topological polar surface area (TPSA) is 24.9 Å². The van der Waals surface area contributed by atoms with Crippen LogP contribution in [0.5, 0.6) is 0 Å². The number of hydrogen-bond donors (Lipinski definition) is 1. The molecule has 0 spiro atoms. The third-order valence-electron chi connectivity index (χ3n) is 2.51. The second-order valence-corrected chi connectivity index (χ2v) is 6.17. The van der Waals surface area contributed by atoms with Crippen molar-refractivity contribution in [1.82, 2.24) is 10.3 Å². The van der Waals surface area contributed by atoms with Gasteiger partial charge in [-0.25, -0.2) is 4.39 Å². The quantitative estimate of drug-likeness (QED) is 0.935. The lowest BCUT2D eigenvalue weighted by atomic mass is 10.1. The molecule has 2 heterocycles. The third-order valence-corrected chi connectivity index (χ3v) is 4.71. The number of hydrogen-bond acceptors (Lipinski definition) is 3. The molecular weight excluding hydrogens is 303 g/mol. The summed E-state index contributed by atoms with van der Waals surface area (Å²) >= 11 is 5.15. The first-order chi connectivity index (χ1) is 8.11. The van der Waals surface area contributed by atoms with Crippen LogP contribution in [-0.4, -0.2) is 12.0 Å². The Morgan fingerprint density at radius 1 is 1.41 bits per heavy atom. The maximum Gasteiger partial charge on any atom is 0.141 e. The predicted molar refractivity (Wildman–Crippen MR) is 71.9 cm³/mol. The molecule has 0 fully saturated rings. The number of halogens is 2. The molecule has 0 saturated carbocycles. The molecule has 2 rings (SSSR count). The van der Waals surface area contributed by atoms with Crippen LogP contribution < -0.4 is 5.32 Å². The monoisotopic (exact) mass is 314 g/mol. The van der Waals surface area contributed by atoms with E-state index in [0.29, 0.717) is 0 Å². The molecular formula is C12H12BrFN2S. The molecule has 2 aromatic heterocycles. The van der Waals surface area contributed by atoms with Crippen LogP contribution in [0, 0.1) is 12.7 Å². The molecule has 0 aromatic carbocycles. The lowest BCUT2D eigenvalue weighted by Gasteiger charge is -2.14. The highest BCUT2D eigenvalue weighted by Crippen LogP contribution is 2.34. The standard InChI is InChI=1S/C12H12BrFN2S/c1-7-3-10(17-12(7)13)11(15-2)8-4-9(14)6-16-5-8/h3-6,11,15H,1-2H3. The summed E-state index contributed by atoms with van der Waals surface area (Å²) < 4.78 is 14.3. The fourth-order valence-electron chi connectivity index (χ4n) is 1.69. The van der Waals surface area contributed by atoms with E-state index in [1.54, 1.807) is 17.5 Å². The van der Waals surface area contributed by atoms with E-state index in [-0.39, 0.29) is 11.9 Å². The maximum absolute atomic E-state index is 13.2. The fraction of sp³-hybridized carbons (Fsp3) is 0.250. The largest absolute Gasteiger partial charge is 0.309 e. The summed E-state index contributed by atoms with van der Waals surface area (Å²) in [7, 11) is 1.86. The Morgan fingerprint density at radius 3 is 2.71 bits per heavy atom. The highest BCUT2D eigenvalue weighted by molar-refractivity contribution is 9.11. The third kappa shape index (κ3) is 2.73. The second kappa shape index (κ2) is 5.25. The zero-order valence-corrected chi connectivity index (χ0v) is 11.9. The molecule has 17 heavy (non-hydrogen) atoms. The number of nitrogens with one attached hydrogen (secondary N) is 1. The predicted octanol–water partition coefficient (Wildman–Crippen LogP) is 3.66. The first kappa shape index (κ1) is 12.7. The summed E-state index contributed by atoms with van der Waals surface area (Å²) in [4.78, 5) is 5.03. The summed E-state index contributed by atoms with van der Waals surface area (Å²) in [6.45, 7) is 2.04. The molecule has 0 amide bonds. The first-order valence-corrected chi connectivity index (χ1v) is 6.76. The van der Waals surface area contributed by atoms with E-state index >= 15 is 0 Å². The minimum atomic E-state index is -0.310. The van der Waals surface area contributed by atoms with Gasteiger partial charge in [0.15, 0.2) is 0 Å². The van der Waals surface area contributed by atoms with Crippen LogP contribution in [0.15, 0.2) is 28.3 Å². The zero-order valence-electron chi connectivity index (χ0n) is 9.50. The van der Waals surface area contributed by atoms with Crippen molar-refractivity contribution >= 4 is 27.3 Å². The van der Waals surface area contributed by atoms with Gasteiger partial charge in [0.1, 0.15) is 5.82 Å². The van der Waals surface area contributed by atoms with Gasteiger partial charge in [-0.1, -0.05) is 0 Å². The van der Waals surface area contributed by atoms with E-state index in [0.717, 1.165) is 14.2 Å². The van der Waals surface area contributed by atoms with Crippen LogP contribution in [0.25, 0.3) is 0 Å². The molecule has 1 atom stereocenters. The average molecular weight is 315 g/mol. The van der Waals surface area contributed by atoms with Gasteiger partial charge in [-0.2, -0.15) is 0 Å². The smallest absolute Gasteiger partial charge is 0.141 e. The van der Waals surface area contributed by atoms with Crippen molar-refractivity contribution in [2.45, 2.75) is 13.0 Å². The molecule has 2 nitrogen and oxygen atoms in total. The molecule has 2 aromatic rings. The Bertz CT molecular complexity index is 507. The van der Waals surface area contributed by atoms with E-state index in [4.69, 9.17) is 0 Å². The van der Waals surface area contributed by atoms with Crippen LogP contribution in [0.2, 0.25) is 0 Å². The lowest BCUT2D eigenvalue weighted by Crippen LogP contribution is -2.16. The van der Waals surface area contributed by atoms with Crippen molar-refractivity contribution < 1.29 is 4.39 Å². The summed E-state index contributed by atoms with van der Waals surface area (Å²) in [5.74, 6) is -0.310. The van der Waals surface area contributed by atoms with Gasteiger partial charge in [-0.15, -0.1) is 11.3 Å². The molecule has 1 unspecified atom stereocenters. The SMILES string of the molecule is CNC(c1cncc(F)c1)c1cc(C)c(Br)s1. The normalized spacial score (nSPS) is 12.7. The highest BCUT2D eigenvalue weighted by Gasteiger charge is 2.16. The van der Waals surface area contributed by atoms with E-state index in [9.17, 15) is 4.39 Å². The fourth-order valence-corrected chi connectivity index (χ4v) is 3.39. The minimum absolute atomic E-state index is 0.0202. The van der Waals surface area contributed by atoms with Crippen LogP contribution in [0.4, 0.5) is 4.39 Å². The van der Waals surface area contributed by atoms with Crippen molar-refractivity contribution in [3.63, 3.8) is 0 Å². The second-order valence-electron chi connectivity index (χ2n) is 3.76. The Labute approximate surface area is 112 Å². The van der Waals surface area contributed by atoms with Gasteiger partial charge in [-0.3, -0.25) is 4.98 Å². The van der Waals surface area contributed by atoms with E-state index in [2.05, 4.69) is 32.3 Å². The van der Waals surface area contributed by atoms with Crippen molar-refractivity contribution in [2.24, 2.45) is 0 Å². The molecule has 0 saturated heterocycles. The molecule has 0 bridgehead atoms. The highest BCUT2D eigenvalue weighted by atomic mass is 79.9. The number of aryl methyl sites for hydroxylation is 1. The van der Waals surface area contributed by atoms with Crippen molar-refractivity contribution in [3.05, 3.63) is 50.1 Å². The average Bonchev–Trinajstić information content (AvgIpc) is 2.60. The Hall–Kier alpha value is -0.780. The van der Waals surface area contributed by atoms with E-state index in [1.807, 2.05) is 14.0 Å². The van der Waals surface area contributed by atoms with Gasteiger partial charge in [-0.05, 0) is 53.2 Å². The zero-order chi connectivity index (χ0) is 12.4. The van der Waals surface area contributed by atoms with Gasteiger partial charge in [0, 0.05) is 11.1 Å². The van der Waals surface area contributed by atoms with Gasteiger partial charge < -0.3 is 5.32 Å². The summed E-state index contributed by atoms with van der Waals surface area (Å²) in [6, 6.07) is 3.59. The molecule has 1 N–H and O–H groups in total.